The highest BCUT2D eigenvalue weighted by Gasteiger charge is 2.30. The molecule has 2 aromatic carbocycles. The summed E-state index contributed by atoms with van der Waals surface area (Å²) in [6.07, 6.45) is -4.06. The lowest BCUT2D eigenvalue weighted by Crippen LogP contribution is -2.42. The van der Waals surface area contributed by atoms with Crippen molar-refractivity contribution in [3.05, 3.63) is 53.6 Å². The van der Waals surface area contributed by atoms with Gasteiger partial charge in [0.15, 0.2) is 12.6 Å². The predicted molar refractivity (Wildman–Crippen MR) is 124 cm³/mol. The minimum absolute atomic E-state index is 0.171. The van der Waals surface area contributed by atoms with Crippen LogP contribution in [-0.2, 0) is 20.4 Å². The minimum atomic E-state index is -4.36. The molecule has 5 nitrogen and oxygen atoms in total. The van der Waals surface area contributed by atoms with Crippen molar-refractivity contribution in [2.45, 2.75) is 50.8 Å². The largest absolute Gasteiger partial charge is 0.493 e. The first-order chi connectivity index (χ1) is 16.2. The lowest BCUT2D eigenvalue weighted by atomic mass is 10.1. The van der Waals surface area contributed by atoms with E-state index >= 15 is 0 Å². The van der Waals surface area contributed by atoms with E-state index in [0.29, 0.717) is 32.2 Å². The molecule has 1 fully saturated rings. The summed E-state index contributed by atoms with van der Waals surface area (Å²) in [7, 11) is 0. The Morgan fingerprint density at radius 2 is 1.79 bits per heavy atom. The van der Waals surface area contributed by atoms with E-state index in [1.807, 2.05) is 32.9 Å². The van der Waals surface area contributed by atoms with Crippen molar-refractivity contribution in [2.24, 2.45) is 5.92 Å². The number of benzene rings is 2. The van der Waals surface area contributed by atoms with Crippen molar-refractivity contribution >= 4 is 11.8 Å². The zero-order chi connectivity index (χ0) is 24.6. The first kappa shape index (κ1) is 26.7. The average Bonchev–Trinajstić information content (AvgIpc) is 2.78. The highest BCUT2D eigenvalue weighted by atomic mass is 32.2. The van der Waals surface area contributed by atoms with E-state index in [-0.39, 0.29) is 18.5 Å². The number of rotatable bonds is 13. The van der Waals surface area contributed by atoms with Gasteiger partial charge in [0.25, 0.3) is 0 Å². The Morgan fingerprint density at radius 3 is 2.41 bits per heavy atom. The van der Waals surface area contributed by atoms with Gasteiger partial charge in [0.05, 0.1) is 12.2 Å². The molecular formula is C25H31F3O5S. The Bertz CT molecular complexity index is 885. The van der Waals surface area contributed by atoms with Crippen LogP contribution in [0.25, 0.3) is 0 Å². The van der Waals surface area contributed by atoms with Gasteiger partial charge in [-0.2, -0.15) is 13.2 Å². The van der Waals surface area contributed by atoms with E-state index < -0.39 is 11.7 Å². The Morgan fingerprint density at radius 1 is 1.06 bits per heavy atom. The molecule has 0 saturated carbocycles. The molecule has 9 heteroatoms. The highest BCUT2D eigenvalue weighted by molar-refractivity contribution is 7.99. The summed E-state index contributed by atoms with van der Waals surface area (Å²) >= 11 is 1.70. The lowest BCUT2D eigenvalue weighted by Gasteiger charge is -2.33. The Hall–Kier alpha value is -1.94. The monoisotopic (exact) mass is 500 g/mol. The van der Waals surface area contributed by atoms with Gasteiger partial charge in [-0.15, -0.1) is 11.8 Å². The number of aryl methyl sites for hydroxylation is 1. The molecule has 34 heavy (non-hydrogen) atoms. The van der Waals surface area contributed by atoms with Crippen LogP contribution in [0, 0.1) is 12.8 Å². The standard InChI is InChI=1S/C25H31F3O5S/c1-4-29-12-11-19(14-30-21-7-5-20(6-8-21)25(26,27)28)16-34-22-9-10-23(17(2)13-22)31-15-24-32-18(3)33-24/h5-10,13,18-19,24H,4,11-12,14-16H2,1-3H3. The second-order valence-corrected chi connectivity index (χ2v) is 9.10. The van der Waals surface area contributed by atoms with Gasteiger partial charge in [-0.05, 0) is 75.2 Å². The summed E-state index contributed by atoms with van der Waals surface area (Å²) in [6, 6.07) is 10.8. The summed E-state index contributed by atoms with van der Waals surface area (Å²) in [6.45, 7) is 7.75. The van der Waals surface area contributed by atoms with Gasteiger partial charge >= 0.3 is 6.18 Å². The van der Waals surface area contributed by atoms with Gasteiger partial charge in [-0.1, -0.05) is 0 Å². The van der Waals surface area contributed by atoms with Crippen LogP contribution < -0.4 is 9.47 Å². The molecular weight excluding hydrogens is 469 g/mol. The third-order valence-corrected chi connectivity index (χ3v) is 6.46. The first-order valence-electron chi connectivity index (χ1n) is 11.3. The molecule has 0 radical (unpaired) electrons. The maximum atomic E-state index is 12.8. The van der Waals surface area contributed by atoms with Crippen LogP contribution in [0.3, 0.4) is 0 Å². The van der Waals surface area contributed by atoms with Crippen molar-refractivity contribution < 1.29 is 36.9 Å². The van der Waals surface area contributed by atoms with Gasteiger partial charge in [-0.3, -0.25) is 0 Å². The minimum Gasteiger partial charge on any atom is -0.493 e. The number of ether oxygens (including phenoxy) is 5. The smallest absolute Gasteiger partial charge is 0.416 e. The zero-order valence-corrected chi connectivity index (χ0v) is 20.4. The van der Waals surface area contributed by atoms with E-state index in [1.54, 1.807) is 11.8 Å². The van der Waals surface area contributed by atoms with Crippen LogP contribution in [0.5, 0.6) is 11.5 Å². The molecule has 1 heterocycles. The molecule has 1 atom stereocenters. The molecule has 188 valence electrons. The van der Waals surface area contributed by atoms with E-state index in [2.05, 4.69) is 6.07 Å². The Labute approximate surface area is 202 Å². The molecule has 0 amide bonds. The maximum Gasteiger partial charge on any atom is 0.416 e. The molecule has 0 spiro atoms. The Kier molecular flexibility index (Phi) is 9.94. The summed E-state index contributed by atoms with van der Waals surface area (Å²) in [5.74, 6) is 2.17. The number of alkyl halides is 3. The van der Waals surface area contributed by atoms with Crippen LogP contribution in [0.15, 0.2) is 47.4 Å². The third kappa shape index (κ3) is 8.37. The highest BCUT2D eigenvalue weighted by Crippen LogP contribution is 2.31. The predicted octanol–water partition coefficient (Wildman–Crippen LogP) is 6.33. The fourth-order valence-corrected chi connectivity index (χ4v) is 4.44. The quantitative estimate of drug-likeness (QED) is 0.237. The molecule has 0 bridgehead atoms. The SMILES string of the molecule is CCOCCC(COc1ccc(C(F)(F)F)cc1)CSc1ccc(OCC2OC(C)O2)c(C)c1. The lowest BCUT2D eigenvalue weighted by molar-refractivity contribution is -0.380. The zero-order valence-electron chi connectivity index (χ0n) is 19.6. The number of halogens is 3. The summed E-state index contributed by atoms with van der Waals surface area (Å²) in [4.78, 5) is 1.10. The average molecular weight is 501 g/mol. The van der Waals surface area contributed by atoms with Crippen LogP contribution in [-0.4, -0.2) is 44.8 Å². The second-order valence-electron chi connectivity index (χ2n) is 8.00. The van der Waals surface area contributed by atoms with E-state index in [9.17, 15) is 13.2 Å². The Balaban J connectivity index is 1.50. The van der Waals surface area contributed by atoms with Crippen LogP contribution in [0.2, 0.25) is 0 Å². The first-order valence-corrected chi connectivity index (χ1v) is 12.3. The maximum absolute atomic E-state index is 12.8. The molecule has 1 saturated heterocycles. The normalized spacial score (nSPS) is 18.9. The van der Waals surface area contributed by atoms with Gasteiger partial charge in [0, 0.05) is 29.8 Å². The summed E-state index contributed by atoms with van der Waals surface area (Å²) < 4.78 is 66.1. The number of hydrogen-bond donors (Lipinski definition) is 0. The number of hydrogen-bond acceptors (Lipinski definition) is 6. The van der Waals surface area contributed by atoms with Crippen molar-refractivity contribution in [3.63, 3.8) is 0 Å². The molecule has 0 aliphatic carbocycles. The topological polar surface area (TPSA) is 46.2 Å². The van der Waals surface area contributed by atoms with Gasteiger partial charge < -0.3 is 23.7 Å². The van der Waals surface area contributed by atoms with Gasteiger partial charge in [0.2, 0.25) is 0 Å². The fourth-order valence-electron chi connectivity index (χ4n) is 3.33. The second kappa shape index (κ2) is 12.7. The molecule has 1 aliphatic rings. The van der Waals surface area contributed by atoms with E-state index in [4.69, 9.17) is 23.7 Å². The van der Waals surface area contributed by atoms with Gasteiger partial charge in [0.1, 0.15) is 18.1 Å². The number of thioether (sulfide) groups is 1. The van der Waals surface area contributed by atoms with Crippen molar-refractivity contribution in [3.8, 4) is 11.5 Å². The molecule has 0 aromatic heterocycles. The van der Waals surface area contributed by atoms with Crippen LogP contribution in [0.1, 0.15) is 31.4 Å². The van der Waals surface area contributed by atoms with Crippen molar-refractivity contribution in [1.29, 1.82) is 0 Å². The molecule has 1 aliphatic heterocycles. The van der Waals surface area contributed by atoms with Crippen molar-refractivity contribution in [1.82, 2.24) is 0 Å². The molecule has 2 aromatic rings. The van der Waals surface area contributed by atoms with Crippen molar-refractivity contribution in [2.75, 3.05) is 32.2 Å². The molecule has 3 rings (SSSR count). The van der Waals surface area contributed by atoms with Crippen LogP contribution in [0.4, 0.5) is 13.2 Å². The van der Waals surface area contributed by atoms with E-state index in [1.165, 1.54) is 12.1 Å². The molecule has 0 N–H and O–H groups in total. The third-order valence-electron chi connectivity index (χ3n) is 5.24. The van der Waals surface area contributed by atoms with E-state index in [0.717, 1.165) is 40.5 Å². The van der Waals surface area contributed by atoms with Crippen LogP contribution >= 0.6 is 11.8 Å². The van der Waals surface area contributed by atoms with Gasteiger partial charge in [-0.25, -0.2) is 0 Å². The summed E-state index contributed by atoms with van der Waals surface area (Å²) in [5, 5.41) is 0. The molecule has 1 unspecified atom stereocenters. The fraction of sp³-hybridized carbons (Fsp3) is 0.520. The summed E-state index contributed by atoms with van der Waals surface area (Å²) in [5.41, 5.74) is 0.331.